The second-order valence-corrected chi connectivity index (χ2v) is 11.1. The van der Waals surface area contributed by atoms with E-state index in [1.54, 1.807) is 0 Å². The number of hydrogen-bond acceptors (Lipinski definition) is 2. The summed E-state index contributed by atoms with van der Waals surface area (Å²) in [6.07, 6.45) is 8.52. The molecule has 0 unspecified atom stereocenters. The minimum atomic E-state index is -1.71. The molecule has 1 fully saturated rings. The van der Waals surface area contributed by atoms with Gasteiger partial charge >= 0.3 is 0 Å². The van der Waals surface area contributed by atoms with Crippen LogP contribution in [0.25, 0.3) is 0 Å². The molecular formula is C14H26O2Si. The predicted octanol–water partition coefficient (Wildman–Crippen LogP) is 3.58. The van der Waals surface area contributed by atoms with Gasteiger partial charge in [-0.1, -0.05) is 20.8 Å². The smallest absolute Gasteiger partial charge is 0.192 e. The highest BCUT2D eigenvalue weighted by Crippen LogP contribution is 2.39. The first-order valence-corrected chi connectivity index (χ1v) is 9.41. The van der Waals surface area contributed by atoms with Crippen molar-refractivity contribution < 1.29 is 9.16 Å². The largest absolute Gasteiger partial charge is 0.411 e. The van der Waals surface area contributed by atoms with Crippen LogP contribution in [0.2, 0.25) is 18.1 Å². The molecule has 3 heteroatoms. The van der Waals surface area contributed by atoms with E-state index in [1.165, 1.54) is 0 Å². The maximum atomic E-state index is 6.43. The molecule has 1 heterocycles. The molecular weight excluding hydrogens is 228 g/mol. The number of rotatable bonds is 3. The van der Waals surface area contributed by atoms with Gasteiger partial charge in [-0.2, -0.15) is 0 Å². The van der Waals surface area contributed by atoms with Gasteiger partial charge in [-0.15, -0.1) is 12.3 Å². The monoisotopic (exact) mass is 254 g/mol. The Labute approximate surface area is 107 Å². The standard InChI is InChI=1S/C14H26O2Si/c1-7-9-12-13(10-8-11-15-12)16-17(5,6)14(2,3)4/h1,12-13H,8-11H2,2-6H3/t12-,13+/m1/s1. The van der Waals surface area contributed by atoms with E-state index in [2.05, 4.69) is 39.8 Å². The third-order valence-corrected chi connectivity index (χ3v) is 8.46. The lowest BCUT2D eigenvalue weighted by atomic mass is 10.0. The molecule has 2 nitrogen and oxygen atoms in total. The Morgan fingerprint density at radius 1 is 1.41 bits per heavy atom. The number of ether oxygens (including phenoxy) is 1. The van der Waals surface area contributed by atoms with Gasteiger partial charge in [-0.05, 0) is 31.0 Å². The van der Waals surface area contributed by atoms with Crippen LogP contribution < -0.4 is 0 Å². The van der Waals surface area contributed by atoms with Crippen molar-refractivity contribution in [1.82, 2.24) is 0 Å². The number of hydrogen-bond donors (Lipinski definition) is 0. The second-order valence-electron chi connectivity index (χ2n) is 6.38. The minimum absolute atomic E-state index is 0.0999. The molecule has 0 aliphatic carbocycles. The van der Waals surface area contributed by atoms with Gasteiger partial charge in [0.15, 0.2) is 8.32 Å². The Balaban J connectivity index is 2.68. The predicted molar refractivity (Wildman–Crippen MR) is 74.5 cm³/mol. The summed E-state index contributed by atoms with van der Waals surface area (Å²) in [4.78, 5) is 0. The van der Waals surface area contributed by atoms with E-state index < -0.39 is 8.32 Å². The van der Waals surface area contributed by atoms with E-state index >= 15 is 0 Å². The first-order chi connectivity index (χ1) is 7.78. The third kappa shape index (κ3) is 3.84. The molecule has 0 aromatic rings. The highest BCUT2D eigenvalue weighted by molar-refractivity contribution is 6.74. The van der Waals surface area contributed by atoms with Crippen molar-refractivity contribution in [3.05, 3.63) is 0 Å². The molecule has 0 saturated carbocycles. The van der Waals surface area contributed by atoms with Crippen LogP contribution in [0.4, 0.5) is 0 Å². The molecule has 98 valence electrons. The lowest BCUT2D eigenvalue weighted by Gasteiger charge is -2.42. The van der Waals surface area contributed by atoms with Crippen molar-refractivity contribution in [2.75, 3.05) is 6.61 Å². The highest BCUT2D eigenvalue weighted by Gasteiger charge is 2.41. The Bertz CT molecular complexity index is 286. The normalized spacial score (nSPS) is 26.6. The van der Waals surface area contributed by atoms with E-state index in [9.17, 15) is 0 Å². The second kappa shape index (κ2) is 5.56. The van der Waals surface area contributed by atoms with Crippen molar-refractivity contribution >= 4 is 8.32 Å². The lowest BCUT2D eigenvalue weighted by molar-refractivity contribution is -0.0642. The fourth-order valence-corrected chi connectivity index (χ4v) is 3.19. The summed E-state index contributed by atoms with van der Waals surface area (Å²) in [5, 5.41) is 0.241. The zero-order valence-electron chi connectivity index (χ0n) is 11.9. The molecule has 0 aromatic carbocycles. The molecule has 0 radical (unpaired) electrons. The van der Waals surface area contributed by atoms with Gasteiger partial charge in [0.25, 0.3) is 0 Å². The van der Waals surface area contributed by atoms with E-state index in [4.69, 9.17) is 15.6 Å². The average molecular weight is 254 g/mol. The fourth-order valence-electron chi connectivity index (χ4n) is 1.81. The van der Waals surface area contributed by atoms with Crippen LogP contribution in [0, 0.1) is 12.3 Å². The minimum Gasteiger partial charge on any atom is -0.411 e. The molecule has 2 atom stereocenters. The summed E-state index contributed by atoms with van der Waals surface area (Å²) >= 11 is 0. The molecule has 0 N–H and O–H groups in total. The van der Waals surface area contributed by atoms with Gasteiger partial charge in [0.1, 0.15) is 0 Å². The number of terminal acetylenes is 1. The molecule has 1 aliphatic heterocycles. The first-order valence-electron chi connectivity index (χ1n) is 6.51. The van der Waals surface area contributed by atoms with E-state index in [1.807, 2.05) is 0 Å². The molecule has 0 bridgehead atoms. The van der Waals surface area contributed by atoms with Crippen molar-refractivity contribution in [1.29, 1.82) is 0 Å². The van der Waals surface area contributed by atoms with Crippen LogP contribution in [-0.4, -0.2) is 27.1 Å². The van der Waals surface area contributed by atoms with E-state index in [0.29, 0.717) is 6.42 Å². The summed E-state index contributed by atoms with van der Waals surface area (Å²) in [6.45, 7) is 12.2. The van der Waals surface area contributed by atoms with Crippen LogP contribution in [0.5, 0.6) is 0 Å². The summed E-state index contributed by atoms with van der Waals surface area (Å²) in [5.41, 5.74) is 0. The Morgan fingerprint density at radius 2 is 2.06 bits per heavy atom. The van der Waals surface area contributed by atoms with Crippen molar-refractivity contribution in [2.24, 2.45) is 0 Å². The molecule has 17 heavy (non-hydrogen) atoms. The molecule has 1 rings (SSSR count). The highest BCUT2D eigenvalue weighted by atomic mass is 28.4. The van der Waals surface area contributed by atoms with Gasteiger partial charge in [0, 0.05) is 13.0 Å². The molecule has 0 aromatic heterocycles. The maximum absolute atomic E-state index is 6.43. The van der Waals surface area contributed by atoms with Crippen molar-refractivity contribution in [3.63, 3.8) is 0 Å². The molecule has 0 amide bonds. The van der Waals surface area contributed by atoms with E-state index in [0.717, 1.165) is 19.4 Å². The van der Waals surface area contributed by atoms with Gasteiger partial charge in [-0.25, -0.2) is 0 Å². The SMILES string of the molecule is C#CC[C@H]1OCCC[C@@H]1O[Si](C)(C)C(C)(C)C. The van der Waals surface area contributed by atoms with Crippen LogP contribution in [0.15, 0.2) is 0 Å². The van der Waals surface area contributed by atoms with E-state index in [-0.39, 0.29) is 17.2 Å². The Hall–Kier alpha value is -0.303. The summed E-state index contributed by atoms with van der Waals surface area (Å²) in [7, 11) is -1.71. The van der Waals surface area contributed by atoms with Gasteiger partial charge in [-0.3, -0.25) is 0 Å². The quantitative estimate of drug-likeness (QED) is 0.566. The summed E-state index contributed by atoms with van der Waals surface area (Å²) < 4.78 is 12.2. The van der Waals surface area contributed by atoms with Gasteiger partial charge < -0.3 is 9.16 Å². The molecule has 1 saturated heterocycles. The summed E-state index contributed by atoms with van der Waals surface area (Å²) in [6, 6.07) is 0. The fraction of sp³-hybridized carbons (Fsp3) is 0.857. The van der Waals surface area contributed by atoms with Gasteiger partial charge in [0.2, 0.25) is 0 Å². The first kappa shape index (κ1) is 14.8. The Kier molecular flexibility index (Phi) is 4.83. The Morgan fingerprint density at radius 3 is 2.59 bits per heavy atom. The van der Waals surface area contributed by atoms with Crippen LogP contribution >= 0.6 is 0 Å². The third-order valence-electron chi connectivity index (χ3n) is 3.95. The van der Waals surface area contributed by atoms with Crippen molar-refractivity contribution in [3.8, 4) is 12.3 Å². The topological polar surface area (TPSA) is 18.5 Å². The summed E-state index contributed by atoms with van der Waals surface area (Å²) in [5.74, 6) is 2.70. The average Bonchev–Trinajstić information content (AvgIpc) is 2.19. The lowest BCUT2D eigenvalue weighted by Crippen LogP contribution is -2.48. The van der Waals surface area contributed by atoms with Crippen LogP contribution in [0.1, 0.15) is 40.0 Å². The molecule has 1 aliphatic rings. The zero-order chi connectivity index (χ0) is 13.1. The van der Waals surface area contributed by atoms with Crippen LogP contribution in [0.3, 0.4) is 0 Å². The van der Waals surface area contributed by atoms with Gasteiger partial charge in [0.05, 0.1) is 12.2 Å². The maximum Gasteiger partial charge on any atom is 0.192 e. The van der Waals surface area contributed by atoms with Crippen molar-refractivity contribution in [2.45, 2.75) is 70.4 Å². The zero-order valence-corrected chi connectivity index (χ0v) is 12.9. The molecule has 0 spiro atoms. The van der Waals surface area contributed by atoms with Crippen LogP contribution in [-0.2, 0) is 9.16 Å².